The van der Waals surface area contributed by atoms with Crippen LogP contribution in [0.2, 0.25) is 0 Å². The van der Waals surface area contributed by atoms with Crippen molar-refractivity contribution in [1.82, 2.24) is 4.90 Å². The highest BCUT2D eigenvalue weighted by molar-refractivity contribution is 5.94. The van der Waals surface area contributed by atoms with E-state index < -0.39 is 0 Å². The summed E-state index contributed by atoms with van der Waals surface area (Å²) in [5, 5.41) is 0. The Kier molecular flexibility index (Phi) is 3.73. The van der Waals surface area contributed by atoms with Crippen LogP contribution in [-0.2, 0) is 0 Å². The number of amides is 1. The Hall–Kier alpha value is -2.56. The lowest BCUT2D eigenvalue weighted by Gasteiger charge is -2.36. The average Bonchev–Trinajstić information content (AvgIpc) is 3.09. The minimum Gasteiger partial charge on any atom is -0.472 e. The number of carbonyl (C=O) groups is 2. The predicted octanol–water partition coefficient (Wildman–Crippen LogP) is 2.05. The maximum Gasteiger partial charge on any atom is 0.257 e. The molecule has 0 radical (unpaired) electrons. The van der Waals surface area contributed by atoms with Crippen molar-refractivity contribution in [2.24, 2.45) is 0 Å². The molecule has 5 nitrogen and oxygen atoms in total. The number of aldehydes is 1. The largest absolute Gasteiger partial charge is 0.472 e. The van der Waals surface area contributed by atoms with Crippen LogP contribution in [0.4, 0.5) is 5.69 Å². The molecular formula is C16H16N2O3. The first-order valence-corrected chi connectivity index (χ1v) is 6.89. The van der Waals surface area contributed by atoms with E-state index in [1.807, 2.05) is 29.2 Å². The van der Waals surface area contributed by atoms with Gasteiger partial charge in [0.15, 0.2) is 0 Å². The van der Waals surface area contributed by atoms with E-state index in [9.17, 15) is 9.59 Å². The molecule has 1 aromatic heterocycles. The van der Waals surface area contributed by atoms with Gasteiger partial charge in [-0.3, -0.25) is 9.59 Å². The van der Waals surface area contributed by atoms with Gasteiger partial charge in [0, 0.05) is 37.4 Å². The third-order valence-corrected chi connectivity index (χ3v) is 3.73. The average molecular weight is 284 g/mol. The molecule has 5 heteroatoms. The van der Waals surface area contributed by atoms with Gasteiger partial charge in [0.05, 0.1) is 11.8 Å². The Morgan fingerprint density at radius 2 is 1.76 bits per heavy atom. The van der Waals surface area contributed by atoms with Gasteiger partial charge in [-0.05, 0) is 30.3 Å². The number of nitrogens with zero attached hydrogens (tertiary/aromatic N) is 2. The number of furan rings is 1. The van der Waals surface area contributed by atoms with Crippen molar-refractivity contribution < 1.29 is 14.0 Å². The van der Waals surface area contributed by atoms with Crippen LogP contribution in [0.1, 0.15) is 20.7 Å². The Balaban J connectivity index is 1.62. The van der Waals surface area contributed by atoms with Crippen molar-refractivity contribution in [2.75, 3.05) is 31.1 Å². The standard InChI is InChI=1S/C16H16N2O3/c19-11-13-1-3-15(4-2-13)17-6-8-18(9-7-17)16(20)14-5-10-21-12-14/h1-5,10-12H,6-9H2. The molecule has 0 spiro atoms. The van der Waals surface area contributed by atoms with Crippen LogP contribution < -0.4 is 4.90 Å². The van der Waals surface area contributed by atoms with Gasteiger partial charge in [-0.1, -0.05) is 0 Å². The maximum absolute atomic E-state index is 12.2. The summed E-state index contributed by atoms with van der Waals surface area (Å²) in [6, 6.07) is 9.19. The van der Waals surface area contributed by atoms with E-state index in [1.54, 1.807) is 6.07 Å². The van der Waals surface area contributed by atoms with Crippen molar-refractivity contribution in [2.45, 2.75) is 0 Å². The third kappa shape index (κ3) is 2.81. The molecule has 2 aromatic rings. The molecule has 1 aliphatic rings. The first-order valence-electron chi connectivity index (χ1n) is 6.89. The zero-order valence-electron chi connectivity index (χ0n) is 11.6. The molecule has 3 rings (SSSR count). The van der Waals surface area contributed by atoms with Crippen LogP contribution in [0.15, 0.2) is 47.3 Å². The number of benzene rings is 1. The fourth-order valence-electron chi connectivity index (χ4n) is 2.50. The molecule has 1 aliphatic heterocycles. The van der Waals surface area contributed by atoms with Crippen LogP contribution in [0.5, 0.6) is 0 Å². The van der Waals surface area contributed by atoms with Gasteiger partial charge in [-0.2, -0.15) is 0 Å². The van der Waals surface area contributed by atoms with Crippen molar-refractivity contribution in [3.8, 4) is 0 Å². The zero-order chi connectivity index (χ0) is 14.7. The highest BCUT2D eigenvalue weighted by Gasteiger charge is 2.22. The lowest BCUT2D eigenvalue weighted by atomic mass is 10.2. The molecule has 0 bridgehead atoms. The van der Waals surface area contributed by atoms with E-state index >= 15 is 0 Å². The first kappa shape index (κ1) is 13.4. The Morgan fingerprint density at radius 3 is 2.33 bits per heavy atom. The second kappa shape index (κ2) is 5.83. The minimum atomic E-state index is 0.0136. The maximum atomic E-state index is 12.2. The second-order valence-corrected chi connectivity index (χ2v) is 5.00. The molecule has 1 fully saturated rings. The Bertz CT molecular complexity index is 611. The SMILES string of the molecule is O=Cc1ccc(N2CCN(C(=O)c3ccoc3)CC2)cc1. The second-order valence-electron chi connectivity index (χ2n) is 5.00. The number of hydrogen-bond acceptors (Lipinski definition) is 4. The van der Waals surface area contributed by atoms with Crippen LogP contribution in [0, 0.1) is 0 Å². The van der Waals surface area contributed by atoms with Gasteiger partial charge < -0.3 is 14.2 Å². The zero-order valence-corrected chi connectivity index (χ0v) is 11.6. The summed E-state index contributed by atoms with van der Waals surface area (Å²) in [5.41, 5.74) is 2.35. The normalized spacial score (nSPS) is 15.0. The molecular weight excluding hydrogens is 268 g/mol. The van der Waals surface area contributed by atoms with Gasteiger partial charge in [-0.15, -0.1) is 0 Å². The monoisotopic (exact) mass is 284 g/mol. The molecule has 0 unspecified atom stereocenters. The van der Waals surface area contributed by atoms with Crippen molar-refractivity contribution in [1.29, 1.82) is 0 Å². The summed E-state index contributed by atoms with van der Waals surface area (Å²) in [5.74, 6) is 0.0136. The molecule has 0 atom stereocenters. The number of carbonyl (C=O) groups excluding carboxylic acids is 2. The van der Waals surface area contributed by atoms with Gasteiger partial charge in [0.2, 0.25) is 0 Å². The summed E-state index contributed by atoms with van der Waals surface area (Å²) in [6.45, 7) is 2.92. The molecule has 1 saturated heterocycles. The van der Waals surface area contributed by atoms with Gasteiger partial charge in [-0.25, -0.2) is 0 Å². The topological polar surface area (TPSA) is 53.8 Å². The van der Waals surface area contributed by atoms with Crippen LogP contribution in [0.25, 0.3) is 0 Å². The quantitative estimate of drug-likeness (QED) is 0.810. The Morgan fingerprint density at radius 1 is 1.05 bits per heavy atom. The lowest BCUT2D eigenvalue weighted by molar-refractivity contribution is 0.0746. The van der Waals surface area contributed by atoms with Crippen molar-refractivity contribution in [3.05, 3.63) is 54.0 Å². The molecule has 1 aromatic carbocycles. The van der Waals surface area contributed by atoms with E-state index in [0.717, 1.165) is 25.1 Å². The molecule has 2 heterocycles. The summed E-state index contributed by atoms with van der Waals surface area (Å²) in [6.07, 6.45) is 3.83. The van der Waals surface area contributed by atoms with Gasteiger partial charge in [0.1, 0.15) is 12.5 Å². The lowest BCUT2D eigenvalue weighted by Crippen LogP contribution is -2.48. The number of piperazine rings is 1. The molecule has 0 aliphatic carbocycles. The highest BCUT2D eigenvalue weighted by Crippen LogP contribution is 2.18. The summed E-state index contributed by atoms with van der Waals surface area (Å²) >= 11 is 0. The van der Waals surface area contributed by atoms with Crippen LogP contribution >= 0.6 is 0 Å². The van der Waals surface area contributed by atoms with Crippen molar-refractivity contribution >= 4 is 17.9 Å². The smallest absolute Gasteiger partial charge is 0.257 e. The van der Waals surface area contributed by atoms with Gasteiger partial charge in [0.25, 0.3) is 5.91 Å². The van der Waals surface area contributed by atoms with E-state index in [-0.39, 0.29) is 5.91 Å². The molecule has 1 amide bonds. The van der Waals surface area contributed by atoms with Gasteiger partial charge >= 0.3 is 0 Å². The van der Waals surface area contributed by atoms with Crippen LogP contribution in [-0.4, -0.2) is 43.3 Å². The van der Waals surface area contributed by atoms with E-state index in [1.165, 1.54) is 12.5 Å². The predicted molar refractivity (Wildman–Crippen MR) is 78.7 cm³/mol. The van der Waals surface area contributed by atoms with E-state index in [2.05, 4.69) is 4.90 Å². The molecule has 0 saturated carbocycles. The van der Waals surface area contributed by atoms with Crippen molar-refractivity contribution in [3.63, 3.8) is 0 Å². The molecule has 21 heavy (non-hydrogen) atoms. The minimum absolute atomic E-state index is 0.0136. The third-order valence-electron chi connectivity index (χ3n) is 3.73. The van der Waals surface area contributed by atoms with E-state index in [4.69, 9.17) is 4.42 Å². The first-order chi connectivity index (χ1) is 10.3. The van der Waals surface area contributed by atoms with Crippen LogP contribution in [0.3, 0.4) is 0 Å². The fraction of sp³-hybridized carbons (Fsp3) is 0.250. The summed E-state index contributed by atoms with van der Waals surface area (Å²) in [7, 11) is 0. The Labute approximate surface area is 122 Å². The fourth-order valence-corrected chi connectivity index (χ4v) is 2.50. The summed E-state index contributed by atoms with van der Waals surface area (Å²) < 4.78 is 4.95. The number of anilines is 1. The van der Waals surface area contributed by atoms with E-state index in [0.29, 0.717) is 24.2 Å². The number of rotatable bonds is 3. The molecule has 0 N–H and O–H groups in total. The highest BCUT2D eigenvalue weighted by atomic mass is 16.3. The summed E-state index contributed by atoms with van der Waals surface area (Å²) in [4.78, 5) is 26.9. The number of hydrogen-bond donors (Lipinski definition) is 0. The molecule has 108 valence electrons.